The number of thioether (sulfide) groups is 1. The molecule has 2 aromatic heterocycles. The monoisotopic (exact) mass is 449 g/mol. The predicted octanol–water partition coefficient (Wildman–Crippen LogP) is 5.12. The Labute approximate surface area is 189 Å². The molecule has 0 radical (unpaired) electrons. The highest BCUT2D eigenvalue weighted by atomic mass is 32.2. The van der Waals surface area contributed by atoms with Gasteiger partial charge in [0.15, 0.2) is 5.16 Å². The number of carbonyl (C=O) groups excluding carboxylic acids is 1. The Morgan fingerprint density at radius 1 is 1.10 bits per heavy atom. The van der Waals surface area contributed by atoms with E-state index in [2.05, 4.69) is 52.5 Å². The van der Waals surface area contributed by atoms with E-state index in [0.29, 0.717) is 5.75 Å². The molecule has 0 aliphatic heterocycles. The SMILES string of the molecule is Cc1ccc(NC(=O)Cc2nc(CSc3nncn3-c3ccc(C)cc3C)cs2)cc1. The first-order chi connectivity index (χ1) is 15.0. The Morgan fingerprint density at radius 3 is 2.65 bits per heavy atom. The van der Waals surface area contributed by atoms with Gasteiger partial charge in [0.05, 0.1) is 17.8 Å². The van der Waals surface area contributed by atoms with E-state index >= 15 is 0 Å². The standard InChI is InChI=1S/C23H23N5OS2/c1-15-4-7-18(8-5-15)25-21(29)11-22-26-19(12-30-22)13-31-23-27-24-14-28(23)20-9-6-16(2)10-17(20)3/h4-10,12,14H,11,13H2,1-3H3,(H,25,29). The second-order valence-electron chi connectivity index (χ2n) is 7.39. The van der Waals surface area contributed by atoms with Crippen LogP contribution in [0.2, 0.25) is 0 Å². The number of rotatable bonds is 7. The summed E-state index contributed by atoms with van der Waals surface area (Å²) in [5.41, 5.74) is 6.37. The first-order valence-corrected chi connectivity index (χ1v) is 11.7. The van der Waals surface area contributed by atoms with Crippen molar-refractivity contribution in [3.8, 4) is 5.69 Å². The van der Waals surface area contributed by atoms with E-state index in [0.717, 1.165) is 32.8 Å². The highest BCUT2D eigenvalue weighted by Gasteiger charge is 2.12. The number of anilines is 1. The van der Waals surface area contributed by atoms with Crippen LogP contribution < -0.4 is 5.32 Å². The van der Waals surface area contributed by atoms with E-state index < -0.39 is 0 Å². The third-order valence-corrected chi connectivity index (χ3v) is 6.60. The number of aryl methyl sites for hydroxylation is 3. The molecule has 158 valence electrons. The van der Waals surface area contributed by atoms with Crippen LogP contribution in [-0.4, -0.2) is 25.7 Å². The van der Waals surface area contributed by atoms with Crippen LogP contribution in [0.3, 0.4) is 0 Å². The topological polar surface area (TPSA) is 72.7 Å². The van der Waals surface area contributed by atoms with Gasteiger partial charge in [0, 0.05) is 16.8 Å². The molecule has 2 aromatic carbocycles. The van der Waals surface area contributed by atoms with Crippen LogP contribution in [-0.2, 0) is 17.0 Å². The molecule has 0 saturated carbocycles. The van der Waals surface area contributed by atoms with Crippen LogP contribution in [0.25, 0.3) is 5.69 Å². The summed E-state index contributed by atoms with van der Waals surface area (Å²) in [6.07, 6.45) is 2.00. The van der Waals surface area contributed by atoms with Crippen LogP contribution in [0.1, 0.15) is 27.4 Å². The molecule has 0 atom stereocenters. The average Bonchev–Trinajstić information content (AvgIpc) is 3.37. The van der Waals surface area contributed by atoms with Gasteiger partial charge in [0.2, 0.25) is 5.91 Å². The molecular weight excluding hydrogens is 426 g/mol. The van der Waals surface area contributed by atoms with Gasteiger partial charge in [-0.1, -0.05) is 47.2 Å². The molecule has 0 bridgehead atoms. The summed E-state index contributed by atoms with van der Waals surface area (Å²) in [5.74, 6) is 0.603. The number of hydrogen-bond donors (Lipinski definition) is 1. The quantitative estimate of drug-likeness (QED) is 0.396. The molecule has 4 aromatic rings. The summed E-state index contributed by atoms with van der Waals surface area (Å²) in [4.78, 5) is 16.9. The number of thiazole rings is 1. The maximum atomic E-state index is 12.3. The molecule has 0 aliphatic rings. The molecule has 2 heterocycles. The molecule has 1 amide bonds. The largest absolute Gasteiger partial charge is 0.326 e. The summed E-state index contributed by atoms with van der Waals surface area (Å²) in [6.45, 7) is 6.19. The summed E-state index contributed by atoms with van der Waals surface area (Å²) in [6, 6.07) is 14.1. The first kappa shape index (κ1) is 21.3. The number of amides is 1. The first-order valence-electron chi connectivity index (χ1n) is 9.88. The van der Waals surface area contributed by atoms with Gasteiger partial charge >= 0.3 is 0 Å². The van der Waals surface area contributed by atoms with Gasteiger partial charge in [-0.2, -0.15) is 0 Å². The third kappa shape index (κ3) is 5.39. The Morgan fingerprint density at radius 2 is 1.87 bits per heavy atom. The van der Waals surface area contributed by atoms with Gasteiger partial charge in [-0.3, -0.25) is 9.36 Å². The fourth-order valence-electron chi connectivity index (χ4n) is 3.18. The van der Waals surface area contributed by atoms with Crippen molar-refractivity contribution in [3.05, 3.63) is 81.6 Å². The van der Waals surface area contributed by atoms with Gasteiger partial charge in [0.25, 0.3) is 0 Å². The van der Waals surface area contributed by atoms with Gasteiger partial charge < -0.3 is 5.32 Å². The van der Waals surface area contributed by atoms with E-state index in [4.69, 9.17) is 0 Å². The zero-order valence-corrected chi connectivity index (χ0v) is 19.3. The zero-order chi connectivity index (χ0) is 21.8. The third-order valence-electron chi connectivity index (χ3n) is 4.72. The van der Waals surface area contributed by atoms with Crippen molar-refractivity contribution in [1.29, 1.82) is 0 Å². The lowest BCUT2D eigenvalue weighted by Crippen LogP contribution is -2.14. The summed E-state index contributed by atoms with van der Waals surface area (Å²) in [5, 5.41) is 14.9. The van der Waals surface area contributed by atoms with Crippen molar-refractivity contribution in [2.45, 2.75) is 38.1 Å². The minimum Gasteiger partial charge on any atom is -0.326 e. The molecule has 0 saturated heterocycles. The van der Waals surface area contributed by atoms with Crippen LogP contribution in [0, 0.1) is 20.8 Å². The molecule has 6 nitrogen and oxygen atoms in total. The zero-order valence-electron chi connectivity index (χ0n) is 17.6. The van der Waals surface area contributed by atoms with Crippen LogP contribution in [0.5, 0.6) is 0 Å². The minimum atomic E-state index is -0.0630. The predicted molar refractivity (Wildman–Crippen MR) is 126 cm³/mol. The van der Waals surface area contributed by atoms with Crippen LogP contribution in [0.4, 0.5) is 5.69 Å². The maximum Gasteiger partial charge on any atom is 0.231 e. The van der Waals surface area contributed by atoms with Crippen molar-refractivity contribution >= 4 is 34.7 Å². The molecule has 0 unspecified atom stereocenters. The van der Waals surface area contributed by atoms with Crippen LogP contribution in [0.15, 0.2) is 59.3 Å². The van der Waals surface area contributed by atoms with Gasteiger partial charge in [0.1, 0.15) is 11.3 Å². The van der Waals surface area contributed by atoms with E-state index in [1.165, 1.54) is 22.5 Å². The number of nitrogens with zero attached hydrogens (tertiary/aromatic N) is 4. The van der Waals surface area contributed by atoms with E-state index in [1.54, 1.807) is 18.1 Å². The molecule has 31 heavy (non-hydrogen) atoms. The Hall–Kier alpha value is -2.97. The van der Waals surface area contributed by atoms with Crippen molar-refractivity contribution in [2.75, 3.05) is 5.32 Å². The number of nitrogens with one attached hydrogen (secondary N) is 1. The lowest BCUT2D eigenvalue weighted by atomic mass is 10.1. The number of hydrogen-bond acceptors (Lipinski definition) is 6. The number of benzene rings is 2. The van der Waals surface area contributed by atoms with Crippen molar-refractivity contribution in [2.24, 2.45) is 0 Å². The molecule has 0 fully saturated rings. The number of carbonyl (C=O) groups is 1. The molecular formula is C23H23N5OS2. The Bertz CT molecular complexity index is 1200. The van der Waals surface area contributed by atoms with Gasteiger partial charge in [-0.05, 0) is 44.5 Å². The summed E-state index contributed by atoms with van der Waals surface area (Å²) in [7, 11) is 0. The average molecular weight is 450 g/mol. The fourth-order valence-corrected chi connectivity index (χ4v) is 4.89. The Kier molecular flexibility index (Phi) is 6.48. The molecule has 0 aliphatic carbocycles. The minimum absolute atomic E-state index is 0.0630. The summed E-state index contributed by atoms with van der Waals surface area (Å²) >= 11 is 3.09. The second kappa shape index (κ2) is 9.45. The highest BCUT2D eigenvalue weighted by Crippen LogP contribution is 2.26. The second-order valence-corrected chi connectivity index (χ2v) is 9.27. The molecule has 8 heteroatoms. The van der Waals surface area contributed by atoms with Crippen molar-refractivity contribution < 1.29 is 4.79 Å². The van der Waals surface area contributed by atoms with Crippen molar-refractivity contribution in [1.82, 2.24) is 19.7 Å². The van der Waals surface area contributed by atoms with Gasteiger partial charge in [-0.25, -0.2) is 4.98 Å². The highest BCUT2D eigenvalue weighted by molar-refractivity contribution is 7.98. The number of aromatic nitrogens is 4. The molecule has 4 rings (SSSR count). The van der Waals surface area contributed by atoms with E-state index in [-0.39, 0.29) is 12.3 Å². The summed E-state index contributed by atoms with van der Waals surface area (Å²) < 4.78 is 2.00. The fraction of sp³-hybridized carbons (Fsp3) is 0.217. The maximum absolute atomic E-state index is 12.3. The van der Waals surface area contributed by atoms with Crippen molar-refractivity contribution in [3.63, 3.8) is 0 Å². The Balaban J connectivity index is 1.36. The van der Waals surface area contributed by atoms with E-state index in [1.807, 2.05) is 41.1 Å². The molecule has 0 spiro atoms. The van der Waals surface area contributed by atoms with Gasteiger partial charge in [-0.15, -0.1) is 21.5 Å². The molecule has 1 N–H and O–H groups in total. The lowest BCUT2D eigenvalue weighted by Gasteiger charge is -2.09. The lowest BCUT2D eigenvalue weighted by molar-refractivity contribution is -0.115. The van der Waals surface area contributed by atoms with Crippen LogP contribution >= 0.6 is 23.1 Å². The smallest absolute Gasteiger partial charge is 0.231 e. The van der Waals surface area contributed by atoms with E-state index in [9.17, 15) is 4.79 Å². The normalized spacial score (nSPS) is 10.9.